The van der Waals surface area contributed by atoms with E-state index in [0.29, 0.717) is 11.3 Å². The highest BCUT2D eigenvalue weighted by Gasteiger charge is 2.71. The van der Waals surface area contributed by atoms with Crippen molar-refractivity contribution in [1.82, 2.24) is 0 Å². The van der Waals surface area contributed by atoms with Crippen molar-refractivity contribution >= 4 is 34.4 Å². The van der Waals surface area contributed by atoms with E-state index in [1.807, 2.05) is 69.3 Å². The highest BCUT2D eigenvalue weighted by Crippen LogP contribution is 2.59. The van der Waals surface area contributed by atoms with Gasteiger partial charge in [-0.1, -0.05) is 101 Å². The van der Waals surface area contributed by atoms with E-state index in [0.717, 1.165) is 47.2 Å². The second-order valence-electron chi connectivity index (χ2n) is 13.6. The van der Waals surface area contributed by atoms with Gasteiger partial charge >= 0.3 is 0 Å². The number of carbonyl (C=O) groups excluding carboxylic acids is 3. The molecule has 5 heteroatoms. The first-order chi connectivity index (χ1) is 20.5. The molecule has 1 N–H and O–H groups in total. The number of allylic oxidation sites excluding steroid dienone is 1. The number of fused-ring (bicyclic) bond motifs is 6. The Balaban J connectivity index is 1.59. The number of aryl methyl sites for hydroxylation is 2. The first-order valence-corrected chi connectivity index (χ1v) is 15.7. The van der Waals surface area contributed by atoms with Crippen molar-refractivity contribution in [3.8, 4) is 0 Å². The minimum atomic E-state index is -1.27. The number of hydrogen-bond acceptors (Lipinski definition) is 4. The fraction of sp³-hybridized carbons (Fsp3) is 0.395. The predicted octanol–water partition coefficient (Wildman–Crippen LogP) is 7.71. The van der Waals surface area contributed by atoms with Gasteiger partial charge < -0.3 is 10.2 Å². The van der Waals surface area contributed by atoms with Crippen LogP contribution in [0.1, 0.15) is 86.5 Å². The van der Waals surface area contributed by atoms with Crippen LogP contribution in [0.25, 0.3) is 5.57 Å². The summed E-state index contributed by atoms with van der Waals surface area (Å²) in [4.78, 5) is 46.3. The van der Waals surface area contributed by atoms with Crippen LogP contribution in [0.2, 0.25) is 0 Å². The van der Waals surface area contributed by atoms with E-state index in [4.69, 9.17) is 0 Å². The number of ketones is 2. The van der Waals surface area contributed by atoms with E-state index >= 15 is 0 Å². The monoisotopic (exact) mass is 574 g/mol. The summed E-state index contributed by atoms with van der Waals surface area (Å²) in [5.41, 5.74) is 5.31. The summed E-state index contributed by atoms with van der Waals surface area (Å²) in [5, 5.41) is 3.13. The van der Waals surface area contributed by atoms with Crippen molar-refractivity contribution in [3.63, 3.8) is 0 Å². The lowest BCUT2D eigenvalue weighted by molar-refractivity contribution is -0.128. The Labute approximate surface area is 255 Å². The van der Waals surface area contributed by atoms with Gasteiger partial charge in [0.25, 0.3) is 0 Å². The van der Waals surface area contributed by atoms with Crippen LogP contribution in [-0.4, -0.2) is 29.6 Å². The zero-order valence-corrected chi connectivity index (χ0v) is 26.2. The summed E-state index contributed by atoms with van der Waals surface area (Å²) in [7, 11) is 0. The van der Waals surface area contributed by atoms with Gasteiger partial charge in [0.1, 0.15) is 11.5 Å². The maximum Gasteiger partial charge on any atom is 0.238 e. The third-order valence-electron chi connectivity index (χ3n) is 9.73. The number of hydrogen-bond donors (Lipinski definition) is 1. The van der Waals surface area contributed by atoms with Crippen LogP contribution in [-0.2, 0) is 21.4 Å². The molecule has 0 bridgehead atoms. The zero-order valence-electron chi connectivity index (χ0n) is 26.2. The fourth-order valence-corrected chi connectivity index (χ4v) is 7.58. The van der Waals surface area contributed by atoms with E-state index in [-0.39, 0.29) is 17.5 Å². The minimum absolute atomic E-state index is 0.0411. The van der Waals surface area contributed by atoms with E-state index in [1.54, 1.807) is 0 Å². The number of benzene rings is 3. The lowest BCUT2D eigenvalue weighted by Gasteiger charge is -2.40. The number of carbonyl (C=O) groups is 3. The van der Waals surface area contributed by atoms with Crippen molar-refractivity contribution in [3.05, 3.63) is 101 Å². The number of Topliss-reactive ketones (excluding diaryl/α,β-unsaturated/α-hetero) is 2. The van der Waals surface area contributed by atoms with Crippen molar-refractivity contribution < 1.29 is 14.4 Å². The third kappa shape index (κ3) is 4.47. The topological polar surface area (TPSA) is 66.5 Å². The van der Waals surface area contributed by atoms with Gasteiger partial charge in [-0.15, -0.1) is 0 Å². The fourth-order valence-electron chi connectivity index (χ4n) is 7.58. The molecule has 1 spiro atoms. The number of rotatable bonds is 7. The van der Waals surface area contributed by atoms with E-state index < -0.39 is 28.8 Å². The SMILES string of the molecule is CCCCCc1ccc(C(=O)[C@H]2[C@@H](C(=O)C(C)(C)C)N3c4ccc(C)cc4C(C)=C[C@@H]3[C@]23C(=O)Nc2ccccc23)cc1. The largest absolute Gasteiger partial charge is 0.352 e. The summed E-state index contributed by atoms with van der Waals surface area (Å²) in [6.07, 6.45) is 6.52. The van der Waals surface area contributed by atoms with Crippen molar-refractivity contribution in [2.45, 2.75) is 84.7 Å². The molecule has 3 aliphatic rings. The van der Waals surface area contributed by atoms with E-state index in [2.05, 4.69) is 55.3 Å². The molecule has 1 fully saturated rings. The van der Waals surface area contributed by atoms with Crippen LogP contribution in [0.15, 0.2) is 72.8 Å². The average Bonchev–Trinajstić information content (AvgIpc) is 3.44. The molecule has 0 saturated carbocycles. The predicted molar refractivity (Wildman–Crippen MR) is 174 cm³/mol. The van der Waals surface area contributed by atoms with Crippen molar-refractivity contribution in [1.29, 1.82) is 0 Å². The van der Waals surface area contributed by atoms with Gasteiger partial charge in [0, 0.05) is 27.9 Å². The second-order valence-corrected chi connectivity index (χ2v) is 13.6. The van der Waals surface area contributed by atoms with Gasteiger partial charge in [0.2, 0.25) is 5.91 Å². The Bertz CT molecular complexity index is 1640. The molecule has 3 aliphatic heterocycles. The summed E-state index contributed by atoms with van der Waals surface area (Å²) >= 11 is 0. The van der Waals surface area contributed by atoms with E-state index in [1.165, 1.54) is 12.0 Å². The minimum Gasteiger partial charge on any atom is -0.352 e. The molecule has 222 valence electrons. The van der Waals surface area contributed by atoms with Gasteiger partial charge in [-0.05, 0) is 61.6 Å². The molecule has 6 rings (SSSR count). The number of para-hydroxylation sites is 1. The molecule has 3 aromatic carbocycles. The average molecular weight is 575 g/mol. The Hall–Kier alpha value is -3.99. The van der Waals surface area contributed by atoms with Gasteiger partial charge in [-0.2, -0.15) is 0 Å². The van der Waals surface area contributed by atoms with Gasteiger partial charge in [0.15, 0.2) is 11.6 Å². The number of nitrogens with zero attached hydrogens (tertiary/aromatic N) is 1. The molecule has 3 heterocycles. The third-order valence-corrected chi connectivity index (χ3v) is 9.73. The first-order valence-electron chi connectivity index (χ1n) is 15.7. The lowest BCUT2D eigenvalue weighted by Crippen LogP contribution is -2.51. The van der Waals surface area contributed by atoms with E-state index in [9.17, 15) is 14.4 Å². The Morgan fingerprint density at radius 3 is 2.37 bits per heavy atom. The molecule has 1 saturated heterocycles. The quantitative estimate of drug-likeness (QED) is 0.232. The Morgan fingerprint density at radius 2 is 1.67 bits per heavy atom. The van der Waals surface area contributed by atoms with Crippen LogP contribution in [0.5, 0.6) is 0 Å². The number of unbranched alkanes of at least 4 members (excludes halogenated alkanes) is 2. The van der Waals surface area contributed by atoms with Crippen LogP contribution >= 0.6 is 0 Å². The summed E-state index contributed by atoms with van der Waals surface area (Å²) in [6.45, 7) is 12.0. The maximum atomic E-state index is 15.0. The molecule has 4 atom stereocenters. The normalized spacial score (nSPS) is 23.9. The molecule has 3 aromatic rings. The Kier molecular flexibility index (Phi) is 7.19. The molecule has 0 aromatic heterocycles. The summed E-state index contributed by atoms with van der Waals surface area (Å²) in [6, 6.07) is 20.4. The molecule has 43 heavy (non-hydrogen) atoms. The molecular formula is C38H42N2O3. The van der Waals surface area contributed by atoms with Gasteiger partial charge in [-0.3, -0.25) is 14.4 Å². The molecule has 0 aliphatic carbocycles. The number of anilines is 2. The molecule has 0 unspecified atom stereocenters. The number of nitrogens with one attached hydrogen (secondary N) is 1. The van der Waals surface area contributed by atoms with Crippen molar-refractivity contribution in [2.75, 3.05) is 10.2 Å². The van der Waals surface area contributed by atoms with Gasteiger partial charge in [0.05, 0.1) is 12.0 Å². The van der Waals surface area contributed by atoms with Crippen LogP contribution in [0.4, 0.5) is 11.4 Å². The maximum absolute atomic E-state index is 15.0. The summed E-state index contributed by atoms with van der Waals surface area (Å²) < 4.78 is 0. The van der Waals surface area contributed by atoms with Crippen LogP contribution in [0.3, 0.4) is 0 Å². The molecule has 1 amide bonds. The van der Waals surface area contributed by atoms with Gasteiger partial charge in [-0.25, -0.2) is 0 Å². The first kappa shape index (κ1) is 29.1. The molecule has 0 radical (unpaired) electrons. The highest BCUT2D eigenvalue weighted by atomic mass is 16.2. The van der Waals surface area contributed by atoms with Crippen molar-refractivity contribution in [2.24, 2.45) is 11.3 Å². The Morgan fingerprint density at radius 1 is 0.953 bits per heavy atom. The molecular weight excluding hydrogens is 532 g/mol. The zero-order chi connectivity index (χ0) is 30.7. The molecule has 5 nitrogen and oxygen atoms in total. The standard InChI is InChI=1S/C38H42N2O3/c1-7-8-9-12-25-16-18-26(19-17-25)34(41)32-33(35(42)37(4,5)6)40-30-20-15-23(2)21-27(30)24(3)22-31(40)38(32)28-13-10-11-14-29(28)39-36(38)43/h10-11,13-22,31-33H,7-9,12H2,1-6H3,(H,39,43)/t31-,32-,33+,38+/m1/s1. The second kappa shape index (κ2) is 10.6. The van der Waals surface area contributed by atoms with Crippen LogP contribution in [0, 0.1) is 18.3 Å². The van der Waals surface area contributed by atoms with Crippen LogP contribution < -0.4 is 10.2 Å². The highest BCUT2D eigenvalue weighted by molar-refractivity contribution is 6.17. The number of amides is 1. The summed E-state index contributed by atoms with van der Waals surface area (Å²) in [5.74, 6) is -1.35. The smallest absolute Gasteiger partial charge is 0.238 e. The lowest BCUT2D eigenvalue weighted by atomic mass is 9.63.